The summed E-state index contributed by atoms with van der Waals surface area (Å²) in [6.07, 6.45) is 2.61. The first-order valence-corrected chi connectivity index (χ1v) is 9.15. The van der Waals surface area contributed by atoms with Crippen molar-refractivity contribution < 1.29 is 14.6 Å². The molecule has 2 bridgehead atoms. The van der Waals surface area contributed by atoms with E-state index in [0.717, 1.165) is 37.3 Å². The second-order valence-electron chi connectivity index (χ2n) is 8.96. The van der Waals surface area contributed by atoms with E-state index in [9.17, 15) is 5.11 Å². The van der Waals surface area contributed by atoms with E-state index in [2.05, 4.69) is 31.9 Å². The van der Waals surface area contributed by atoms with E-state index in [1.807, 2.05) is 6.07 Å². The molecule has 2 fully saturated rings. The lowest BCUT2D eigenvalue weighted by Crippen LogP contribution is -2.69. The second-order valence-corrected chi connectivity index (χ2v) is 8.96. The zero-order chi connectivity index (χ0) is 16.9. The van der Waals surface area contributed by atoms with Crippen LogP contribution in [0.1, 0.15) is 37.8 Å². The van der Waals surface area contributed by atoms with Crippen LogP contribution in [0.2, 0.25) is 0 Å². The van der Waals surface area contributed by atoms with Crippen LogP contribution in [0, 0.1) is 11.3 Å². The molecule has 24 heavy (non-hydrogen) atoms. The lowest BCUT2D eigenvalue weighted by atomic mass is 9.47. The Morgan fingerprint density at radius 3 is 2.88 bits per heavy atom. The first kappa shape index (κ1) is 15.0. The first-order valence-electron chi connectivity index (χ1n) is 9.15. The van der Waals surface area contributed by atoms with Gasteiger partial charge in [-0.2, -0.15) is 0 Å². The van der Waals surface area contributed by atoms with E-state index >= 15 is 0 Å². The SMILES string of the molecule is COc1ccc2c3c1O[C@H]1[C@H](O)C(C)(C)CC4[C@@H](C2)N(C)CC[C@@]341. The minimum Gasteiger partial charge on any atom is -0.493 e. The number of ether oxygens (including phenoxy) is 2. The van der Waals surface area contributed by atoms with E-state index in [4.69, 9.17) is 9.47 Å². The molecule has 4 aliphatic rings. The van der Waals surface area contributed by atoms with Crippen LogP contribution in [-0.2, 0) is 11.8 Å². The van der Waals surface area contributed by atoms with E-state index in [1.54, 1.807) is 7.11 Å². The Kier molecular flexibility index (Phi) is 2.80. The van der Waals surface area contributed by atoms with Gasteiger partial charge in [0.25, 0.3) is 0 Å². The number of hydrogen-bond donors (Lipinski definition) is 1. The third kappa shape index (κ3) is 1.53. The molecule has 2 heterocycles. The third-order valence-electron chi connectivity index (χ3n) is 7.48. The molecule has 4 nitrogen and oxygen atoms in total. The maximum atomic E-state index is 11.2. The summed E-state index contributed by atoms with van der Waals surface area (Å²) >= 11 is 0. The quantitative estimate of drug-likeness (QED) is 0.859. The number of hydrogen-bond acceptors (Lipinski definition) is 4. The van der Waals surface area contributed by atoms with E-state index < -0.39 is 6.10 Å². The van der Waals surface area contributed by atoms with E-state index in [1.165, 1.54) is 11.1 Å². The van der Waals surface area contributed by atoms with Gasteiger partial charge in [0, 0.05) is 17.0 Å². The fourth-order valence-electron chi connectivity index (χ4n) is 6.25. The molecular weight excluding hydrogens is 302 g/mol. The molecule has 0 radical (unpaired) electrons. The Labute approximate surface area is 143 Å². The van der Waals surface area contributed by atoms with Crippen LogP contribution in [-0.4, -0.2) is 49.0 Å². The van der Waals surface area contributed by atoms with Crippen molar-refractivity contribution in [2.75, 3.05) is 20.7 Å². The number of likely N-dealkylation sites (tertiary alicyclic amines) is 1. The van der Waals surface area contributed by atoms with Crippen LogP contribution >= 0.6 is 0 Å². The lowest BCUT2D eigenvalue weighted by molar-refractivity contribution is -0.153. The number of methoxy groups -OCH3 is 1. The maximum Gasteiger partial charge on any atom is 0.165 e. The van der Waals surface area contributed by atoms with Crippen molar-refractivity contribution in [2.45, 2.75) is 56.8 Å². The minimum absolute atomic E-state index is 0.0381. The van der Waals surface area contributed by atoms with Gasteiger partial charge < -0.3 is 19.5 Å². The Hall–Kier alpha value is -1.26. The summed E-state index contributed by atoms with van der Waals surface area (Å²) < 4.78 is 12.1. The van der Waals surface area contributed by atoms with Crippen molar-refractivity contribution >= 4 is 0 Å². The molecule has 5 rings (SSSR count). The van der Waals surface area contributed by atoms with Gasteiger partial charge in [0.15, 0.2) is 11.5 Å². The molecule has 130 valence electrons. The summed E-state index contributed by atoms with van der Waals surface area (Å²) in [5, 5.41) is 11.2. The smallest absolute Gasteiger partial charge is 0.165 e. The summed E-state index contributed by atoms with van der Waals surface area (Å²) in [6, 6.07) is 4.80. The van der Waals surface area contributed by atoms with Gasteiger partial charge in [0.05, 0.1) is 13.2 Å². The highest BCUT2D eigenvalue weighted by atomic mass is 16.5. The van der Waals surface area contributed by atoms with Crippen LogP contribution in [0.15, 0.2) is 12.1 Å². The number of piperidine rings is 1. The Morgan fingerprint density at radius 1 is 1.33 bits per heavy atom. The normalized spacial score (nSPS) is 41.5. The van der Waals surface area contributed by atoms with Crippen LogP contribution in [0.5, 0.6) is 11.5 Å². The standard InChI is InChI=1S/C20H27NO3/c1-19(2)10-12-13-9-11-5-6-14(23-4)16-15(11)20(12,7-8-21(13)3)18(24-16)17(19)22/h5-6,12-13,17-18,22H,7-10H2,1-4H3/t12?,13-,17+,18+,20+/m1/s1. The number of nitrogens with zero attached hydrogens (tertiary/aromatic N) is 1. The Bertz CT molecular complexity index is 715. The average molecular weight is 329 g/mol. The molecule has 1 saturated carbocycles. The molecule has 1 unspecified atom stereocenters. The highest BCUT2D eigenvalue weighted by Crippen LogP contribution is 2.66. The monoisotopic (exact) mass is 329 g/mol. The zero-order valence-corrected chi connectivity index (χ0v) is 15.0. The fraction of sp³-hybridized carbons (Fsp3) is 0.700. The second kappa shape index (κ2) is 4.47. The van der Waals surface area contributed by atoms with Gasteiger partial charge >= 0.3 is 0 Å². The van der Waals surface area contributed by atoms with Crippen LogP contribution < -0.4 is 9.47 Å². The number of rotatable bonds is 1. The molecule has 0 aromatic heterocycles. The molecule has 1 spiro atoms. The van der Waals surface area contributed by atoms with Crippen molar-refractivity contribution in [1.82, 2.24) is 4.90 Å². The van der Waals surface area contributed by atoms with Gasteiger partial charge in [-0.15, -0.1) is 0 Å². The molecule has 4 heteroatoms. The lowest BCUT2D eigenvalue weighted by Gasteiger charge is -2.61. The predicted molar refractivity (Wildman–Crippen MR) is 91.7 cm³/mol. The van der Waals surface area contributed by atoms with Crippen LogP contribution in [0.25, 0.3) is 0 Å². The summed E-state index contributed by atoms with van der Waals surface area (Å²) in [6.45, 7) is 5.46. The largest absolute Gasteiger partial charge is 0.493 e. The van der Waals surface area contributed by atoms with Crippen molar-refractivity contribution in [1.29, 1.82) is 0 Å². The van der Waals surface area contributed by atoms with Crippen molar-refractivity contribution in [3.8, 4) is 11.5 Å². The first-order chi connectivity index (χ1) is 11.4. The van der Waals surface area contributed by atoms with Gasteiger partial charge in [0.2, 0.25) is 0 Å². The summed E-state index contributed by atoms with van der Waals surface area (Å²) in [7, 11) is 3.97. The Morgan fingerprint density at radius 2 is 2.12 bits per heavy atom. The predicted octanol–water partition coefficient (Wildman–Crippen LogP) is 2.36. The number of likely N-dealkylation sites (N-methyl/N-ethyl adjacent to an activating group) is 1. The van der Waals surface area contributed by atoms with Crippen molar-refractivity contribution in [2.24, 2.45) is 11.3 Å². The number of aliphatic hydroxyl groups excluding tert-OH is 1. The molecule has 1 saturated heterocycles. The van der Waals surface area contributed by atoms with Crippen molar-refractivity contribution in [3.05, 3.63) is 23.3 Å². The van der Waals surface area contributed by atoms with Crippen molar-refractivity contribution in [3.63, 3.8) is 0 Å². The molecule has 0 amide bonds. The molecule has 1 N–H and O–H groups in total. The van der Waals surface area contributed by atoms with E-state index in [-0.39, 0.29) is 16.9 Å². The van der Waals surface area contributed by atoms with Gasteiger partial charge in [-0.05, 0) is 55.8 Å². The van der Waals surface area contributed by atoms with Gasteiger partial charge in [0.1, 0.15) is 6.10 Å². The number of benzene rings is 1. The van der Waals surface area contributed by atoms with E-state index in [0.29, 0.717) is 12.0 Å². The highest BCUT2D eigenvalue weighted by molar-refractivity contribution is 5.61. The maximum absolute atomic E-state index is 11.2. The molecule has 2 aliphatic heterocycles. The Balaban J connectivity index is 1.79. The van der Waals surface area contributed by atoms with Gasteiger partial charge in [-0.1, -0.05) is 19.9 Å². The molecule has 1 aromatic carbocycles. The minimum atomic E-state index is -0.444. The average Bonchev–Trinajstić information content (AvgIpc) is 2.89. The molecular formula is C20H27NO3. The summed E-state index contributed by atoms with van der Waals surface area (Å²) in [5.74, 6) is 2.27. The topological polar surface area (TPSA) is 41.9 Å². The summed E-state index contributed by atoms with van der Waals surface area (Å²) in [5.41, 5.74) is 2.59. The highest BCUT2D eigenvalue weighted by Gasteiger charge is 2.68. The van der Waals surface area contributed by atoms with Crippen LogP contribution in [0.3, 0.4) is 0 Å². The molecule has 1 aromatic rings. The van der Waals surface area contributed by atoms with Crippen LogP contribution in [0.4, 0.5) is 0 Å². The van der Waals surface area contributed by atoms with Gasteiger partial charge in [-0.25, -0.2) is 0 Å². The molecule has 5 atom stereocenters. The van der Waals surface area contributed by atoms with Gasteiger partial charge in [-0.3, -0.25) is 0 Å². The summed E-state index contributed by atoms with van der Waals surface area (Å²) in [4.78, 5) is 2.53. The number of aliphatic hydroxyl groups is 1. The zero-order valence-electron chi connectivity index (χ0n) is 15.0. The third-order valence-corrected chi connectivity index (χ3v) is 7.48. The fourth-order valence-corrected chi connectivity index (χ4v) is 6.25. The molecule has 2 aliphatic carbocycles.